The van der Waals surface area contributed by atoms with Gasteiger partial charge in [0.2, 0.25) is 11.8 Å². The summed E-state index contributed by atoms with van der Waals surface area (Å²) in [5.41, 5.74) is 2.44. The molecule has 33 heavy (non-hydrogen) atoms. The van der Waals surface area contributed by atoms with Crippen LogP contribution in [0.25, 0.3) is 0 Å². The number of rotatable bonds is 4. The zero-order chi connectivity index (χ0) is 23.1. The van der Waals surface area contributed by atoms with E-state index < -0.39 is 17.8 Å². The number of benzene rings is 1. The Morgan fingerprint density at radius 3 is 2.67 bits per heavy atom. The number of aryl methyl sites for hydroxylation is 1. The molecule has 0 aliphatic carbocycles. The Morgan fingerprint density at radius 2 is 1.94 bits per heavy atom. The minimum Gasteiger partial charge on any atom is -0.367 e. The van der Waals surface area contributed by atoms with E-state index >= 15 is 4.39 Å². The predicted octanol–water partition coefficient (Wildman–Crippen LogP) is 1.01. The van der Waals surface area contributed by atoms with Gasteiger partial charge in [0.25, 0.3) is 5.91 Å². The molecule has 0 spiro atoms. The van der Waals surface area contributed by atoms with Crippen LogP contribution in [0.3, 0.4) is 0 Å². The van der Waals surface area contributed by atoms with E-state index in [1.54, 1.807) is 12.3 Å². The summed E-state index contributed by atoms with van der Waals surface area (Å²) in [5.74, 6) is -0.861. The fourth-order valence-electron chi connectivity index (χ4n) is 4.79. The largest absolute Gasteiger partial charge is 0.367 e. The van der Waals surface area contributed by atoms with Gasteiger partial charge in [-0.3, -0.25) is 24.6 Å². The van der Waals surface area contributed by atoms with Gasteiger partial charge >= 0.3 is 0 Å². The number of imide groups is 1. The van der Waals surface area contributed by atoms with Crippen LogP contribution in [0.4, 0.5) is 10.1 Å². The molecule has 1 aromatic heterocycles. The van der Waals surface area contributed by atoms with Crippen LogP contribution in [0.2, 0.25) is 0 Å². The Balaban J connectivity index is 1.27. The van der Waals surface area contributed by atoms with Crippen LogP contribution >= 0.6 is 0 Å². The number of carbonyl (C=O) groups is 3. The lowest BCUT2D eigenvalue weighted by Crippen LogP contribution is -2.52. The van der Waals surface area contributed by atoms with Crippen molar-refractivity contribution >= 4 is 23.4 Å². The maximum absolute atomic E-state index is 15.0. The molecule has 1 aromatic carbocycles. The van der Waals surface area contributed by atoms with Crippen LogP contribution in [0.5, 0.6) is 0 Å². The van der Waals surface area contributed by atoms with E-state index in [4.69, 9.17) is 0 Å². The minimum absolute atomic E-state index is 0.189. The summed E-state index contributed by atoms with van der Waals surface area (Å²) in [7, 11) is 0. The van der Waals surface area contributed by atoms with Crippen molar-refractivity contribution in [3.05, 3.63) is 52.9 Å². The van der Waals surface area contributed by atoms with Crippen molar-refractivity contribution in [3.8, 4) is 0 Å². The summed E-state index contributed by atoms with van der Waals surface area (Å²) in [6, 6.07) is 4.22. The highest BCUT2D eigenvalue weighted by Gasteiger charge is 2.39. The van der Waals surface area contributed by atoms with E-state index in [1.165, 1.54) is 11.0 Å². The van der Waals surface area contributed by atoms with Crippen molar-refractivity contribution in [3.63, 3.8) is 0 Å². The zero-order valence-electron chi connectivity index (χ0n) is 18.4. The molecule has 5 rings (SSSR count). The van der Waals surface area contributed by atoms with Gasteiger partial charge < -0.3 is 9.80 Å². The van der Waals surface area contributed by atoms with E-state index in [1.807, 2.05) is 17.9 Å². The van der Waals surface area contributed by atoms with Crippen LogP contribution < -0.4 is 10.2 Å². The highest BCUT2D eigenvalue weighted by molar-refractivity contribution is 6.05. The van der Waals surface area contributed by atoms with E-state index in [2.05, 4.69) is 20.2 Å². The molecule has 4 heterocycles. The van der Waals surface area contributed by atoms with E-state index in [0.29, 0.717) is 29.9 Å². The first-order valence-electron chi connectivity index (χ1n) is 11.1. The zero-order valence-corrected chi connectivity index (χ0v) is 18.4. The molecule has 2 fully saturated rings. The summed E-state index contributed by atoms with van der Waals surface area (Å²) in [6.45, 7) is 5.67. The first kappa shape index (κ1) is 21.4. The molecule has 0 saturated carbocycles. The van der Waals surface area contributed by atoms with Gasteiger partial charge in [-0.05, 0) is 37.1 Å². The Morgan fingerprint density at radius 1 is 1.15 bits per heavy atom. The molecule has 3 aliphatic rings. The molecule has 0 radical (unpaired) electrons. The second-order valence-corrected chi connectivity index (χ2v) is 8.72. The quantitative estimate of drug-likeness (QED) is 0.692. The summed E-state index contributed by atoms with van der Waals surface area (Å²) in [4.78, 5) is 50.8. The number of piperidine rings is 1. The van der Waals surface area contributed by atoms with Gasteiger partial charge in [0.15, 0.2) is 0 Å². The Bertz CT molecular complexity index is 1130. The molecule has 2 aromatic rings. The lowest BCUT2D eigenvalue weighted by Gasteiger charge is -2.36. The molecule has 3 amide bonds. The summed E-state index contributed by atoms with van der Waals surface area (Å²) < 4.78 is 15.0. The van der Waals surface area contributed by atoms with Gasteiger partial charge in [0, 0.05) is 57.4 Å². The van der Waals surface area contributed by atoms with E-state index in [-0.39, 0.29) is 31.2 Å². The third-order valence-electron chi connectivity index (χ3n) is 6.52. The second-order valence-electron chi connectivity index (χ2n) is 8.72. The number of aromatic nitrogens is 2. The topological polar surface area (TPSA) is 98.7 Å². The van der Waals surface area contributed by atoms with Crippen LogP contribution in [-0.2, 0) is 22.7 Å². The van der Waals surface area contributed by atoms with Gasteiger partial charge in [0.05, 0.1) is 11.4 Å². The number of halogens is 1. The Kier molecular flexibility index (Phi) is 5.53. The lowest BCUT2D eigenvalue weighted by atomic mass is 10.0. The van der Waals surface area contributed by atoms with Gasteiger partial charge in [0.1, 0.15) is 17.7 Å². The minimum atomic E-state index is -0.705. The Labute approximate surface area is 190 Å². The van der Waals surface area contributed by atoms with Crippen molar-refractivity contribution in [2.75, 3.05) is 31.1 Å². The van der Waals surface area contributed by atoms with Gasteiger partial charge in [-0.25, -0.2) is 14.4 Å². The molecular weight excluding hydrogens is 427 g/mol. The molecule has 3 aliphatic heterocycles. The molecule has 0 bridgehead atoms. The van der Waals surface area contributed by atoms with E-state index in [9.17, 15) is 14.4 Å². The number of fused-ring (bicyclic) bond motifs is 1. The number of hydrogen-bond donors (Lipinski definition) is 1. The monoisotopic (exact) mass is 452 g/mol. The predicted molar refractivity (Wildman–Crippen MR) is 117 cm³/mol. The molecule has 172 valence electrons. The average molecular weight is 452 g/mol. The van der Waals surface area contributed by atoms with Crippen molar-refractivity contribution in [2.45, 2.75) is 38.9 Å². The highest BCUT2D eigenvalue weighted by atomic mass is 19.1. The smallest absolute Gasteiger partial charge is 0.255 e. The Hall–Kier alpha value is -3.40. The van der Waals surface area contributed by atoms with Gasteiger partial charge in [-0.2, -0.15) is 0 Å². The third-order valence-corrected chi connectivity index (χ3v) is 6.52. The summed E-state index contributed by atoms with van der Waals surface area (Å²) >= 11 is 0. The summed E-state index contributed by atoms with van der Waals surface area (Å²) in [6.07, 6.45) is 2.23. The number of nitrogens with one attached hydrogen (secondary N) is 1. The fourth-order valence-corrected chi connectivity index (χ4v) is 4.79. The first-order chi connectivity index (χ1) is 15.9. The molecule has 9 nitrogen and oxygen atoms in total. The molecule has 1 unspecified atom stereocenters. The number of piperazine rings is 1. The van der Waals surface area contributed by atoms with Crippen LogP contribution in [0, 0.1) is 12.7 Å². The maximum Gasteiger partial charge on any atom is 0.255 e. The summed E-state index contributed by atoms with van der Waals surface area (Å²) in [5, 5.41) is 2.29. The normalized spacial score (nSPS) is 21.4. The average Bonchev–Trinajstić information content (AvgIpc) is 3.09. The van der Waals surface area contributed by atoms with Crippen LogP contribution in [0.15, 0.2) is 24.4 Å². The number of carbonyl (C=O) groups excluding carboxylic acids is 3. The SMILES string of the molecule is Cc1nccc(CN2CCN(c3cc4c(cc3F)C(=O)N(C3CCC(=O)NC3=O)C4)CC2)n1. The van der Waals surface area contributed by atoms with Crippen molar-refractivity contribution in [1.29, 1.82) is 0 Å². The maximum atomic E-state index is 15.0. The molecule has 1 N–H and O–H groups in total. The van der Waals surface area contributed by atoms with Crippen LogP contribution in [0.1, 0.15) is 40.3 Å². The first-order valence-corrected chi connectivity index (χ1v) is 11.1. The van der Waals surface area contributed by atoms with Crippen molar-refractivity contribution < 1.29 is 18.8 Å². The number of anilines is 1. The number of hydrogen-bond acceptors (Lipinski definition) is 7. The molecule has 1 atom stereocenters. The standard InChI is InChI=1S/C23H25FN6O3/c1-14-25-5-4-16(26-14)13-28-6-8-29(9-7-28)20-10-15-12-30(23(33)17(15)11-18(20)24)19-2-3-21(31)27-22(19)32/h4-5,10-11,19H,2-3,6-9,12-13H2,1H3,(H,27,31,32). The van der Waals surface area contributed by atoms with Crippen LogP contribution in [-0.4, -0.2) is 69.7 Å². The fraction of sp³-hybridized carbons (Fsp3) is 0.435. The third kappa shape index (κ3) is 4.18. The van der Waals surface area contributed by atoms with Crippen molar-refractivity contribution in [1.82, 2.24) is 25.1 Å². The van der Waals surface area contributed by atoms with Crippen molar-refractivity contribution in [2.24, 2.45) is 0 Å². The molecule has 2 saturated heterocycles. The molecular formula is C23H25FN6O3. The number of amides is 3. The van der Waals surface area contributed by atoms with Gasteiger partial charge in [-0.1, -0.05) is 0 Å². The lowest BCUT2D eigenvalue weighted by molar-refractivity contribution is -0.136. The molecule has 10 heteroatoms. The second kappa shape index (κ2) is 8.51. The van der Waals surface area contributed by atoms with Gasteiger partial charge in [-0.15, -0.1) is 0 Å². The van der Waals surface area contributed by atoms with E-state index in [0.717, 1.165) is 31.2 Å². The highest BCUT2D eigenvalue weighted by Crippen LogP contribution is 2.33. The number of nitrogens with zero attached hydrogens (tertiary/aromatic N) is 5.